The van der Waals surface area contributed by atoms with Gasteiger partial charge < -0.3 is 35.4 Å². The predicted molar refractivity (Wildman–Crippen MR) is 252 cm³/mol. The highest BCUT2D eigenvalue weighted by Gasteiger charge is 2.42. The zero-order valence-electron chi connectivity index (χ0n) is 37.0. The van der Waals surface area contributed by atoms with E-state index in [-0.39, 0.29) is 52.7 Å². The lowest BCUT2D eigenvalue weighted by Gasteiger charge is -2.35. The number of carbonyl (C=O) groups is 2. The van der Waals surface area contributed by atoms with E-state index in [0.29, 0.717) is 49.9 Å². The molecule has 0 saturated heterocycles. The maximum atomic E-state index is 12.8. The Bertz CT molecular complexity index is 2710. The van der Waals surface area contributed by atoms with Crippen LogP contribution in [0.5, 0.6) is 0 Å². The molecule has 2 unspecified atom stereocenters. The third kappa shape index (κ3) is 13.9. The Morgan fingerprint density at radius 3 is 1.40 bits per heavy atom. The number of hydrogen-bond acceptors (Lipinski definition) is 13. The van der Waals surface area contributed by atoms with Gasteiger partial charge in [-0.3, -0.25) is 9.59 Å². The number of hydrogen-bond donors (Lipinski definition) is 6. The minimum absolute atomic E-state index is 0.0661. The highest BCUT2D eigenvalue weighted by molar-refractivity contribution is 8.13. The number of benzene rings is 4. The van der Waals surface area contributed by atoms with Gasteiger partial charge in [0.2, 0.25) is 10.0 Å². The monoisotopic (exact) mass is 974 g/mol. The van der Waals surface area contributed by atoms with Crippen LogP contribution in [0.1, 0.15) is 88.4 Å². The van der Waals surface area contributed by atoms with Crippen LogP contribution in [0, 0.1) is 0 Å². The van der Waals surface area contributed by atoms with E-state index >= 15 is 0 Å². The lowest BCUT2D eigenvalue weighted by Crippen LogP contribution is -2.52. The molecule has 0 aliphatic heterocycles. The minimum Gasteiger partial charge on any atom is -0.451 e. The summed E-state index contributed by atoms with van der Waals surface area (Å²) in [5, 5.41) is 27.0. The summed E-state index contributed by atoms with van der Waals surface area (Å²) in [5.41, 5.74) is 7.82. The number of nitrogens with two attached hydrogens (primary N) is 1. The zero-order chi connectivity index (χ0) is 48.2. The van der Waals surface area contributed by atoms with Crippen LogP contribution < -0.4 is 21.1 Å². The van der Waals surface area contributed by atoms with Crippen LogP contribution in [0.15, 0.2) is 153 Å². The molecule has 2 atom stereocenters. The van der Waals surface area contributed by atoms with Gasteiger partial charge in [-0.25, -0.2) is 31.5 Å². The normalized spacial score (nSPS) is 21.5. The molecule has 6 aromatic rings. The van der Waals surface area contributed by atoms with E-state index in [1.165, 1.54) is 49.6 Å². The second-order valence-corrected chi connectivity index (χ2v) is 21.0. The summed E-state index contributed by atoms with van der Waals surface area (Å²) in [6.45, 7) is 3.79. The number of nitrogens with one attached hydrogen (secondary N) is 3. The zero-order valence-corrected chi connectivity index (χ0v) is 39.4. The maximum absolute atomic E-state index is 12.8. The molecule has 2 heterocycles. The third-order valence-electron chi connectivity index (χ3n) is 11.9. The van der Waals surface area contributed by atoms with Crippen molar-refractivity contribution in [3.63, 3.8) is 0 Å². The topological polar surface area (TPSA) is 257 Å². The van der Waals surface area contributed by atoms with Crippen LogP contribution in [-0.2, 0) is 28.7 Å². The van der Waals surface area contributed by atoms with Gasteiger partial charge in [-0.2, -0.15) is 0 Å². The summed E-state index contributed by atoms with van der Waals surface area (Å²) in [6.07, 6.45) is 8.95. The first kappa shape index (κ1) is 50.7. The molecule has 8 rings (SSSR count). The molecule has 356 valence electrons. The lowest BCUT2D eigenvalue weighted by atomic mass is 9.81. The smallest absolute Gasteiger partial charge is 0.261 e. The first-order valence-corrected chi connectivity index (χ1v) is 25.5. The average Bonchev–Trinajstić information content (AvgIpc) is 4.08. The van der Waals surface area contributed by atoms with Gasteiger partial charge in [0, 0.05) is 33.9 Å². The Balaban J connectivity index is 0.000000183. The van der Waals surface area contributed by atoms with E-state index < -0.39 is 36.2 Å². The molecule has 0 spiro atoms. The fourth-order valence-corrected chi connectivity index (χ4v) is 9.76. The summed E-state index contributed by atoms with van der Waals surface area (Å²) in [5.74, 6) is -0.709. The van der Waals surface area contributed by atoms with Crippen molar-refractivity contribution in [3.8, 4) is 22.5 Å². The second-order valence-electron chi connectivity index (χ2n) is 16.7. The van der Waals surface area contributed by atoms with Crippen LogP contribution >= 0.6 is 10.7 Å². The quantitative estimate of drug-likeness (QED) is 0.0681. The Labute approximate surface area is 394 Å². The number of aromatic nitrogens is 2. The van der Waals surface area contributed by atoms with Crippen molar-refractivity contribution in [1.82, 2.24) is 25.3 Å². The summed E-state index contributed by atoms with van der Waals surface area (Å²) in [7, 11) is -2.22. The number of halogens is 1. The second kappa shape index (κ2) is 22.4. The van der Waals surface area contributed by atoms with Crippen molar-refractivity contribution < 1.29 is 45.5 Å². The average molecular weight is 976 g/mol. The van der Waals surface area contributed by atoms with Gasteiger partial charge in [-0.15, -0.1) is 0 Å². The van der Waals surface area contributed by atoms with E-state index in [0.717, 1.165) is 22.3 Å². The number of amides is 2. The molecule has 0 bridgehead atoms. The summed E-state index contributed by atoms with van der Waals surface area (Å²) < 4.78 is 60.0. The van der Waals surface area contributed by atoms with Gasteiger partial charge in [-0.05, 0) is 101 Å². The Morgan fingerprint density at radius 1 is 0.642 bits per heavy atom. The maximum Gasteiger partial charge on any atom is 0.261 e. The first-order chi connectivity index (χ1) is 31.8. The Morgan fingerprint density at radius 2 is 1.03 bits per heavy atom. The van der Waals surface area contributed by atoms with Gasteiger partial charge in [0.05, 0.1) is 21.9 Å². The molecule has 0 radical (unpaired) electrons. The van der Waals surface area contributed by atoms with Crippen molar-refractivity contribution in [2.45, 2.75) is 110 Å². The molecule has 2 aliphatic carbocycles. The first-order valence-electron chi connectivity index (χ1n) is 21.7. The van der Waals surface area contributed by atoms with Crippen molar-refractivity contribution >= 4 is 41.6 Å². The van der Waals surface area contributed by atoms with Crippen molar-refractivity contribution in [1.29, 1.82) is 0 Å². The minimum atomic E-state index is -3.73. The fourth-order valence-electron chi connectivity index (χ4n) is 7.69. The van der Waals surface area contributed by atoms with Crippen LogP contribution in [0.25, 0.3) is 22.5 Å². The van der Waals surface area contributed by atoms with Gasteiger partial charge in [0.25, 0.3) is 20.9 Å². The molecule has 2 aromatic heterocycles. The molecule has 16 nitrogen and oxygen atoms in total. The van der Waals surface area contributed by atoms with Gasteiger partial charge in [0.15, 0.2) is 12.8 Å². The highest BCUT2D eigenvalue weighted by atomic mass is 35.7. The number of oxazole rings is 2. The van der Waals surface area contributed by atoms with Crippen molar-refractivity contribution in [2.75, 3.05) is 0 Å². The van der Waals surface area contributed by atoms with Crippen molar-refractivity contribution in [3.05, 3.63) is 146 Å². The van der Waals surface area contributed by atoms with E-state index in [4.69, 9.17) is 25.3 Å². The molecule has 2 fully saturated rings. The third-order valence-corrected chi connectivity index (χ3v) is 14.8. The molecule has 2 amide bonds. The Kier molecular flexibility index (Phi) is 16.9. The van der Waals surface area contributed by atoms with Crippen LogP contribution in [-0.4, -0.2) is 72.1 Å². The molecule has 7 N–H and O–H groups in total. The molecule has 4 aromatic carbocycles. The number of aliphatic hydroxyl groups is 2. The largest absolute Gasteiger partial charge is 0.451 e. The fraction of sp³-hybridized carbons (Fsp3) is 0.333. The standard InChI is InChI=1S/C24H27N3O5S.C15H22N2O2.C9H6ClNO3S/c1-17(18-5-3-2-4-6-18)26-23(28)24(29)13-11-20(12-14-24)27-33(30,31)21-9-7-19(8-10-21)22-15-32-16-25-22;1-11(12-5-3-2-4-6-12)17-14(18)15(19)9-7-13(16)8-10-15;10-15(12,13)8-3-1-7(2-4-8)9-5-14-6-11-9/h2-10,15-17,20,27,29H,11-14H2,1H3,(H,26,28);2-6,11,13,19H,7-10,16H2,1H3,(H,17,18);1-6H. The van der Waals surface area contributed by atoms with E-state index in [1.54, 1.807) is 24.3 Å². The summed E-state index contributed by atoms with van der Waals surface area (Å²) in [6, 6.07) is 31.1. The molecule has 19 heteroatoms. The lowest BCUT2D eigenvalue weighted by molar-refractivity contribution is -0.144. The SMILES string of the molecule is CC(NC(=O)C1(O)CCC(N)CC1)c1ccccc1.CC(NC(=O)C1(O)CCC(NS(=O)(=O)c2ccc(-c3cocn3)cc2)CC1)c1ccccc1.O=S(=O)(Cl)c1ccc(-c2cocn2)cc1. The molecule has 2 saturated carbocycles. The molecule has 2 aliphatic rings. The number of carbonyl (C=O) groups excluding carboxylic acids is 2. The summed E-state index contributed by atoms with van der Waals surface area (Å²) >= 11 is 0. The van der Waals surface area contributed by atoms with E-state index in [1.807, 2.05) is 74.5 Å². The summed E-state index contributed by atoms with van der Waals surface area (Å²) in [4.78, 5) is 33.1. The van der Waals surface area contributed by atoms with Gasteiger partial charge >= 0.3 is 0 Å². The van der Waals surface area contributed by atoms with E-state index in [2.05, 4.69) is 25.3 Å². The van der Waals surface area contributed by atoms with Gasteiger partial charge in [0.1, 0.15) is 35.1 Å². The van der Waals surface area contributed by atoms with E-state index in [9.17, 15) is 36.6 Å². The number of rotatable bonds is 12. The van der Waals surface area contributed by atoms with Gasteiger partial charge in [-0.1, -0.05) is 84.9 Å². The molecular formula is C48H55ClN6O10S2. The van der Waals surface area contributed by atoms with Crippen LogP contribution in [0.2, 0.25) is 0 Å². The highest BCUT2D eigenvalue weighted by Crippen LogP contribution is 2.32. The molecular weight excluding hydrogens is 920 g/mol. The van der Waals surface area contributed by atoms with Crippen LogP contribution in [0.4, 0.5) is 0 Å². The number of sulfonamides is 1. The predicted octanol–water partition coefficient (Wildman–Crippen LogP) is 6.94. The van der Waals surface area contributed by atoms with Crippen molar-refractivity contribution in [2.24, 2.45) is 5.73 Å². The number of nitrogens with zero attached hydrogens (tertiary/aromatic N) is 2. The Hall–Kier alpha value is -5.73. The molecule has 67 heavy (non-hydrogen) atoms. The van der Waals surface area contributed by atoms with Crippen LogP contribution in [0.3, 0.4) is 0 Å².